The quantitative estimate of drug-likeness (QED) is 0.204. The number of anilines is 1. The van der Waals surface area contributed by atoms with Gasteiger partial charge in [-0.25, -0.2) is 0 Å². The molecule has 0 radical (unpaired) electrons. The van der Waals surface area contributed by atoms with Crippen LogP contribution in [0.3, 0.4) is 0 Å². The number of thiocarbonyl (C=S) groups is 1. The third-order valence-corrected chi connectivity index (χ3v) is 5.38. The van der Waals surface area contributed by atoms with E-state index in [-0.39, 0.29) is 5.76 Å². The molecule has 0 atom stereocenters. The summed E-state index contributed by atoms with van der Waals surface area (Å²) in [5.74, 6) is -0.0964. The number of pyridine rings is 1. The fraction of sp³-hybridized carbons (Fsp3) is 0.0476. The third-order valence-electron chi connectivity index (χ3n) is 4.11. The Kier molecular flexibility index (Phi) is 6.57. The fourth-order valence-corrected chi connectivity index (χ4v) is 3.49. The molecule has 7 heteroatoms. The van der Waals surface area contributed by atoms with E-state index in [0.717, 1.165) is 11.3 Å². The Balaban J connectivity index is 2.13. The summed E-state index contributed by atoms with van der Waals surface area (Å²) in [6.45, 7) is 1.89. The summed E-state index contributed by atoms with van der Waals surface area (Å²) in [5.41, 5.74) is 2.34. The first-order valence-electron chi connectivity index (χ1n) is 8.30. The maximum Gasteiger partial charge on any atom is 0.288 e. The summed E-state index contributed by atoms with van der Waals surface area (Å²) >= 11 is 24.2. The van der Waals surface area contributed by atoms with Crippen molar-refractivity contribution < 1.29 is 9.67 Å². The van der Waals surface area contributed by atoms with Gasteiger partial charge < -0.3 is 10.4 Å². The van der Waals surface area contributed by atoms with Gasteiger partial charge >= 0.3 is 0 Å². The van der Waals surface area contributed by atoms with Crippen LogP contribution in [0.25, 0.3) is 11.5 Å². The van der Waals surface area contributed by atoms with Gasteiger partial charge in [-0.2, -0.15) is 4.57 Å². The second-order valence-electron chi connectivity index (χ2n) is 5.97. The summed E-state index contributed by atoms with van der Waals surface area (Å²) < 4.78 is 1.71. The van der Waals surface area contributed by atoms with Crippen LogP contribution in [0.1, 0.15) is 11.1 Å². The van der Waals surface area contributed by atoms with Gasteiger partial charge in [0.1, 0.15) is 0 Å². The minimum atomic E-state index is -0.0964. The lowest BCUT2D eigenvalue weighted by atomic mass is 10.1. The Labute approximate surface area is 183 Å². The molecule has 3 nitrogen and oxygen atoms in total. The van der Waals surface area contributed by atoms with E-state index in [1.807, 2.05) is 37.3 Å². The first kappa shape index (κ1) is 20.6. The molecule has 28 heavy (non-hydrogen) atoms. The molecular formula is C21H16Cl3N2OS+. The first-order valence-corrected chi connectivity index (χ1v) is 9.84. The molecule has 1 heterocycles. The number of rotatable bonds is 4. The molecule has 0 aliphatic carbocycles. The van der Waals surface area contributed by atoms with Crippen molar-refractivity contribution in [3.05, 3.63) is 93.2 Å². The Bertz CT molecular complexity index is 1070. The first-order chi connectivity index (χ1) is 13.4. The van der Waals surface area contributed by atoms with Gasteiger partial charge in [0.15, 0.2) is 17.4 Å². The molecule has 2 N–H and O–H groups in total. The minimum absolute atomic E-state index is 0.0964. The molecule has 1 aromatic heterocycles. The molecule has 3 aromatic rings. The van der Waals surface area contributed by atoms with Gasteiger partial charge in [0.05, 0.1) is 5.02 Å². The van der Waals surface area contributed by atoms with E-state index in [2.05, 4.69) is 5.32 Å². The van der Waals surface area contributed by atoms with Crippen LogP contribution in [-0.2, 0) is 0 Å². The van der Waals surface area contributed by atoms with Crippen LogP contribution in [-0.4, -0.2) is 10.1 Å². The second-order valence-corrected chi connectivity index (χ2v) is 7.63. The highest BCUT2D eigenvalue weighted by Gasteiger charge is 2.25. The second kappa shape index (κ2) is 8.93. The lowest BCUT2D eigenvalue weighted by Crippen LogP contribution is -2.38. The number of nitrogens with one attached hydrogen (secondary N) is 1. The molecule has 0 bridgehead atoms. The monoisotopic (exact) mass is 449 g/mol. The Morgan fingerprint density at radius 2 is 1.68 bits per heavy atom. The van der Waals surface area contributed by atoms with Gasteiger partial charge in [-0.05, 0) is 42.8 Å². The standard InChI is InChI=1S/C21H15Cl3N2OS/c1-13-16(23)6-5-7-18(13)25-21(28)19(26-10-3-2-4-11-26)20(27)15-12-14(22)8-9-17(15)24/h2-12H,1H3,(H-,25,27,28)/p+1. The number of hydrogen-bond acceptors (Lipinski definition) is 2. The smallest absolute Gasteiger partial charge is 0.288 e. The Hall–Kier alpha value is -2.11. The van der Waals surface area contributed by atoms with Gasteiger partial charge in [-0.1, -0.05) is 59.2 Å². The van der Waals surface area contributed by atoms with Gasteiger partial charge in [0.2, 0.25) is 5.76 Å². The molecular weight excluding hydrogens is 435 g/mol. The van der Waals surface area contributed by atoms with Crippen LogP contribution in [0.5, 0.6) is 0 Å². The molecule has 3 rings (SSSR count). The zero-order valence-electron chi connectivity index (χ0n) is 14.8. The van der Waals surface area contributed by atoms with Crippen LogP contribution in [0, 0.1) is 6.92 Å². The number of nitrogens with zero attached hydrogens (tertiary/aromatic N) is 1. The average molecular weight is 451 g/mol. The largest absolute Gasteiger partial charge is 0.502 e. The summed E-state index contributed by atoms with van der Waals surface area (Å²) in [7, 11) is 0. The van der Waals surface area contributed by atoms with Crippen molar-refractivity contribution >= 4 is 69.2 Å². The van der Waals surface area contributed by atoms with Crippen LogP contribution >= 0.6 is 47.0 Å². The number of hydrogen-bond donors (Lipinski definition) is 2. The van der Waals surface area contributed by atoms with Crippen molar-refractivity contribution in [3.63, 3.8) is 0 Å². The highest BCUT2D eigenvalue weighted by molar-refractivity contribution is 7.81. The Morgan fingerprint density at radius 1 is 0.964 bits per heavy atom. The summed E-state index contributed by atoms with van der Waals surface area (Å²) in [5, 5.41) is 15.7. The molecule has 0 amide bonds. The minimum Gasteiger partial charge on any atom is -0.502 e. The lowest BCUT2D eigenvalue weighted by Gasteiger charge is -2.13. The maximum atomic E-state index is 11.1. The topological polar surface area (TPSA) is 36.1 Å². The number of aliphatic hydroxyl groups excluding tert-OH is 1. The normalized spacial score (nSPS) is 11.7. The van der Waals surface area contributed by atoms with Crippen LogP contribution in [0.4, 0.5) is 5.69 Å². The Morgan fingerprint density at radius 3 is 2.39 bits per heavy atom. The van der Waals surface area contributed by atoms with E-state index in [1.165, 1.54) is 0 Å². The predicted molar refractivity (Wildman–Crippen MR) is 121 cm³/mol. The lowest BCUT2D eigenvalue weighted by molar-refractivity contribution is -0.575. The zero-order chi connectivity index (χ0) is 20.3. The highest BCUT2D eigenvalue weighted by atomic mass is 35.5. The van der Waals surface area contributed by atoms with Gasteiger partial charge in [0.25, 0.3) is 5.70 Å². The molecule has 0 saturated heterocycles. The van der Waals surface area contributed by atoms with E-state index < -0.39 is 0 Å². The van der Waals surface area contributed by atoms with Crippen molar-refractivity contribution in [1.29, 1.82) is 0 Å². The van der Waals surface area contributed by atoms with Crippen LogP contribution in [0.2, 0.25) is 15.1 Å². The molecule has 142 valence electrons. The maximum absolute atomic E-state index is 11.1. The SMILES string of the molecule is Cc1c(Cl)cccc1NC(=S)/C(=C(\O)c1cc(Cl)ccc1Cl)[n+]1ccccc1. The van der Waals surface area contributed by atoms with E-state index in [1.54, 1.807) is 41.2 Å². The van der Waals surface area contributed by atoms with E-state index in [0.29, 0.717) is 31.3 Å². The number of halogens is 3. The van der Waals surface area contributed by atoms with Crippen molar-refractivity contribution in [2.45, 2.75) is 6.92 Å². The van der Waals surface area contributed by atoms with Gasteiger partial charge in [-0.3, -0.25) is 0 Å². The van der Waals surface area contributed by atoms with E-state index in [4.69, 9.17) is 47.0 Å². The van der Waals surface area contributed by atoms with Crippen molar-refractivity contribution in [1.82, 2.24) is 0 Å². The molecule has 0 saturated carbocycles. The van der Waals surface area contributed by atoms with Crippen molar-refractivity contribution in [3.8, 4) is 0 Å². The van der Waals surface area contributed by atoms with Crippen LogP contribution in [0.15, 0.2) is 67.0 Å². The fourth-order valence-electron chi connectivity index (χ4n) is 2.63. The number of aliphatic hydroxyl groups is 1. The predicted octanol–water partition coefficient (Wildman–Crippen LogP) is 6.57. The highest BCUT2D eigenvalue weighted by Crippen LogP contribution is 2.29. The van der Waals surface area contributed by atoms with Gasteiger partial charge in [0, 0.05) is 33.4 Å². The number of benzene rings is 2. The zero-order valence-corrected chi connectivity index (χ0v) is 17.9. The number of aromatic nitrogens is 1. The van der Waals surface area contributed by atoms with Crippen molar-refractivity contribution in [2.24, 2.45) is 0 Å². The van der Waals surface area contributed by atoms with E-state index >= 15 is 0 Å². The van der Waals surface area contributed by atoms with Gasteiger partial charge in [-0.15, -0.1) is 0 Å². The average Bonchev–Trinajstić information content (AvgIpc) is 2.68. The van der Waals surface area contributed by atoms with Crippen LogP contribution < -0.4 is 9.88 Å². The third kappa shape index (κ3) is 4.47. The molecule has 0 aliphatic rings. The summed E-state index contributed by atoms with van der Waals surface area (Å²) in [6.07, 6.45) is 3.56. The summed E-state index contributed by atoms with van der Waals surface area (Å²) in [4.78, 5) is 0.301. The molecule has 0 unspecified atom stereocenters. The summed E-state index contributed by atoms with van der Waals surface area (Å²) in [6, 6.07) is 15.9. The molecule has 0 spiro atoms. The van der Waals surface area contributed by atoms with Crippen molar-refractivity contribution in [2.75, 3.05) is 5.32 Å². The molecule has 2 aromatic carbocycles. The molecule has 0 aliphatic heterocycles. The van der Waals surface area contributed by atoms with E-state index in [9.17, 15) is 5.11 Å². The molecule has 0 fully saturated rings.